The minimum absolute atomic E-state index is 0.332. The SMILES string of the molecule is Cc1nc(C(C)NC(CC(C)C)CN(C)C)cs1. The van der Waals surface area contributed by atoms with E-state index in [-0.39, 0.29) is 0 Å². The zero-order valence-electron chi connectivity index (χ0n) is 12.5. The summed E-state index contributed by atoms with van der Waals surface area (Å²) in [5.41, 5.74) is 1.17. The Balaban J connectivity index is 2.58. The van der Waals surface area contributed by atoms with Crippen molar-refractivity contribution in [2.45, 2.75) is 46.2 Å². The van der Waals surface area contributed by atoms with E-state index >= 15 is 0 Å². The standard InChI is InChI=1S/C14H27N3S/c1-10(2)7-13(8-17(5)6)15-11(3)14-9-18-12(4)16-14/h9-11,13,15H,7-8H2,1-6H3. The van der Waals surface area contributed by atoms with Gasteiger partial charge in [-0.05, 0) is 40.3 Å². The molecule has 1 rings (SSSR count). The second kappa shape index (κ2) is 7.22. The summed E-state index contributed by atoms with van der Waals surface area (Å²) in [5.74, 6) is 0.715. The lowest BCUT2D eigenvalue weighted by molar-refractivity contribution is 0.289. The number of aromatic nitrogens is 1. The summed E-state index contributed by atoms with van der Waals surface area (Å²) in [7, 11) is 4.26. The molecule has 0 aliphatic rings. The summed E-state index contributed by atoms with van der Waals surface area (Å²) in [5, 5.41) is 7.02. The lowest BCUT2D eigenvalue weighted by Gasteiger charge is -2.26. The second-order valence-electron chi connectivity index (χ2n) is 5.77. The molecule has 0 amide bonds. The fraction of sp³-hybridized carbons (Fsp3) is 0.786. The summed E-state index contributed by atoms with van der Waals surface area (Å²) >= 11 is 1.73. The van der Waals surface area contributed by atoms with E-state index in [9.17, 15) is 0 Å². The van der Waals surface area contributed by atoms with Crippen LogP contribution in [0.1, 0.15) is 43.9 Å². The van der Waals surface area contributed by atoms with Crippen molar-refractivity contribution in [2.75, 3.05) is 20.6 Å². The largest absolute Gasteiger partial charge is 0.308 e. The van der Waals surface area contributed by atoms with Gasteiger partial charge in [0.25, 0.3) is 0 Å². The highest BCUT2D eigenvalue weighted by molar-refractivity contribution is 7.09. The van der Waals surface area contributed by atoms with Crippen molar-refractivity contribution in [1.29, 1.82) is 0 Å². The molecule has 1 heterocycles. The molecule has 0 aromatic carbocycles. The van der Waals surface area contributed by atoms with E-state index in [0.29, 0.717) is 18.0 Å². The third kappa shape index (κ3) is 5.46. The van der Waals surface area contributed by atoms with Crippen LogP contribution >= 0.6 is 11.3 Å². The van der Waals surface area contributed by atoms with Crippen molar-refractivity contribution >= 4 is 11.3 Å². The Morgan fingerprint density at radius 2 is 2.00 bits per heavy atom. The number of nitrogens with one attached hydrogen (secondary N) is 1. The number of likely N-dealkylation sites (N-methyl/N-ethyl adjacent to an activating group) is 1. The van der Waals surface area contributed by atoms with Crippen LogP contribution in [0.4, 0.5) is 0 Å². The number of aryl methyl sites for hydroxylation is 1. The van der Waals surface area contributed by atoms with E-state index in [2.05, 4.69) is 62.4 Å². The third-order valence-corrected chi connectivity index (χ3v) is 3.70. The molecule has 0 bridgehead atoms. The quantitative estimate of drug-likeness (QED) is 0.824. The van der Waals surface area contributed by atoms with Gasteiger partial charge in [-0.3, -0.25) is 0 Å². The molecule has 1 aromatic rings. The smallest absolute Gasteiger partial charge is 0.0898 e. The van der Waals surface area contributed by atoms with E-state index in [4.69, 9.17) is 0 Å². The van der Waals surface area contributed by atoms with Gasteiger partial charge in [-0.2, -0.15) is 0 Å². The van der Waals surface area contributed by atoms with Crippen molar-refractivity contribution < 1.29 is 0 Å². The predicted molar refractivity (Wildman–Crippen MR) is 80.2 cm³/mol. The molecule has 1 N–H and O–H groups in total. The highest BCUT2D eigenvalue weighted by Gasteiger charge is 2.17. The Hall–Kier alpha value is -0.450. The Bertz CT molecular complexity index is 337. The molecule has 104 valence electrons. The highest BCUT2D eigenvalue weighted by Crippen LogP contribution is 2.17. The van der Waals surface area contributed by atoms with Gasteiger partial charge in [0.1, 0.15) is 0 Å². The highest BCUT2D eigenvalue weighted by atomic mass is 32.1. The van der Waals surface area contributed by atoms with Crippen LogP contribution in [0.5, 0.6) is 0 Å². The van der Waals surface area contributed by atoms with E-state index < -0.39 is 0 Å². The summed E-state index contributed by atoms with van der Waals surface area (Å²) in [6, 6.07) is 0.857. The Labute approximate surface area is 116 Å². The van der Waals surface area contributed by atoms with E-state index in [1.807, 2.05) is 0 Å². The van der Waals surface area contributed by atoms with E-state index in [1.54, 1.807) is 11.3 Å². The Kier molecular flexibility index (Phi) is 6.26. The molecule has 0 radical (unpaired) electrons. The summed E-state index contributed by atoms with van der Waals surface area (Å²) < 4.78 is 0. The van der Waals surface area contributed by atoms with Gasteiger partial charge in [-0.25, -0.2) is 4.98 Å². The molecular formula is C14H27N3S. The number of hydrogen-bond donors (Lipinski definition) is 1. The molecule has 0 aliphatic carbocycles. The first kappa shape index (κ1) is 15.6. The van der Waals surface area contributed by atoms with Gasteiger partial charge >= 0.3 is 0 Å². The van der Waals surface area contributed by atoms with Crippen LogP contribution in [0.3, 0.4) is 0 Å². The molecule has 0 aliphatic heterocycles. The van der Waals surface area contributed by atoms with Crippen molar-refractivity contribution in [3.63, 3.8) is 0 Å². The molecular weight excluding hydrogens is 242 g/mol. The Morgan fingerprint density at radius 3 is 2.44 bits per heavy atom. The van der Waals surface area contributed by atoms with Crippen LogP contribution in [0, 0.1) is 12.8 Å². The van der Waals surface area contributed by atoms with Crippen molar-refractivity contribution in [1.82, 2.24) is 15.2 Å². The second-order valence-corrected chi connectivity index (χ2v) is 6.83. The number of thiazole rings is 1. The summed E-state index contributed by atoms with van der Waals surface area (Å²) in [6.07, 6.45) is 1.20. The monoisotopic (exact) mass is 269 g/mol. The zero-order valence-corrected chi connectivity index (χ0v) is 13.3. The van der Waals surface area contributed by atoms with Crippen LogP contribution in [-0.4, -0.2) is 36.6 Å². The first-order chi connectivity index (χ1) is 8.38. The molecule has 0 saturated carbocycles. The van der Waals surface area contributed by atoms with Crippen molar-refractivity contribution in [3.05, 3.63) is 16.1 Å². The lowest BCUT2D eigenvalue weighted by Crippen LogP contribution is -2.40. The molecule has 0 fully saturated rings. The molecule has 3 nitrogen and oxygen atoms in total. The Morgan fingerprint density at radius 1 is 1.33 bits per heavy atom. The van der Waals surface area contributed by atoms with Crippen LogP contribution in [0.25, 0.3) is 0 Å². The molecule has 0 saturated heterocycles. The van der Waals surface area contributed by atoms with Gasteiger partial charge in [0.15, 0.2) is 0 Å². The maximum Gasteiger partial charge on any atom is 0.0898 e. The molecule has 4 heteroatoms. The maximum absolute atomic E-state index is 4.56. The average molecular weight is 269 g/mol. The predicted octanol–water partition coefficient (Wildman–Crippen LogP) is 3.08. The molecule has 1 aromatic heterocycles. The number of hydrogen-bond acceptors (Lipinski definition) is 4. The van der Waals surface area contributed by atoms with Gasteiger partial charge in [-0.15, -0.1) is 11.3 Å². The minimum atomic E-state index is 0.332. The summed E-state index contributed by atoms with van der Waals surface area (Å²) in [6.45, 7) is 9.90. The first-order valence-electron chi connectivity index (χ1n) is 6.71. The van der Waals surface area contributed by atoms with Gasteiger partial charge in [0.2, 0.25) is 0 Å². The first-order valence-corrected chi connectivity index (χ1v) is 7.59. The van der Waals surface area contributed by atoms with Crippen LogP contribution in [0.15, 0.2) is 5.38 Å². The van der Waals surface area contributed by atoms with Gasteiger partial charge < -0.3 is 10.2 Å². The zero-order chi connectivity index (χ0) is 13.7. The minimum Gasteiger partial charge on any atom is -0.308 e. The van der Waals surface area contributed by atoms with Crippen LogP contribution in [0.2, 0.25) is 0 Å². The van der Waals surface area contributed by atoms with Gasteiger partial charge in [-0.1, -0.05) is 13.8 Å². The lowest BCUT2D eigenvalue weighted by atomic mass is 10.0. The van der Waals surface area contributed by atoms with Crippen LogP contribution in [-0.2, 0) is 0 Å². The van der Waals surface area contributed by atoms with E-state index in [0.717, 1.165) is 11.6 Å². The van der Waals surface area contributed by atoms with Crippen LogP contribution < -0.4 is 5.32 Å². The topological polar surface area (TPSA) is 28.2 Å². The van der Waals surface area contributed by atoms with Gasteiger partial charge in [0.05, 0.1) is 10.7 Å². The maximum atomic E-state index is 4.56. The van der Waals surface area contributed by atoms with E-state index in [1.165, 1.54) is 12.1 Å². The fourth-order valence-electron chi connectivity index (χ4n) is 2.22. The van der Waals surface area contributed by atoms with Crippen molar-refractivity contribution in [3.8, 4) is 0 Å². The fourth-order valence-corrected chi connectivity index (χ4v) is 2.93. The van der Waals surface area contributed by atoms with Crippen molar-refractivity contribution in [2.24, 2.45) is 5.92 Å². The summed E-state index contributed by atoms with van der Waals surface area (Å²) in [4.78, 5) is 6.81. The molecule has 18 heavy (non-hydrogen) atoms. The van der Waals surface area contributed by atoms with Gasteiger partial charge in [0, 0.05) is 24.0 Å². The molecule has 0 spiro atoms. The number of nitrogens with zero attached hydrogens (tertiary/aromatic N) is 2. The molecule has 2 atom stereocenters. The number of rotatable bonds is 7. The average Bonchev–Trinajstić information content (AvgIpc) is 2.62. The normalized spacial score (nSPS) is 15.3. The third-order valence-electron chi connectivity index (χ3n) is 2.91. The molecule has 2 unspecified atom stereocenters.